The van der Waals surface area contributed by atoms with E-state index in [1.54, 1.807) is 12.1 Å². The van der Waals surface area contributed by atoms with Crippen molar-refractivity contribution in [1.82, 2.24) is 4.90 Å². The maximum Gasteiger partial charge on any atom is 0.280 e. The Labute approximate surface area is 138 Å². The first-order valence-corrected chi connectivity index (χ1v) is 8.82. The minimum Gasteiger partial charge on any atom is -0.508 e. The molecule has 1 amide bonds. The molecule has 0 spiro atoms. The highest BCUT2D eigenvalue weighted by Gasteiger charge is 2.32. The largest absolute Gasteiger partial charge is 0.508 e. The number of rotatable bonds is 3. The molecular formula is C18H28N3O2+. The van der Waals surface area contributed by atoms with Crippen molar-refractivity contribution in [2.45, 2.75) is 32.2 Å². The summed E-state index contributed by atoms with van der Waals surface area (Å²) < 4.78 is 0. The van der Waals surface area contributed by atoms with Gasteiger partial charge in [-0.3, -0.25) is 4.79 Å². The number of likely N-dealkylation sites (tertiary alicyclic amines) is 1. The zero-order chi connectivity index (χ0) is 16.2. The summed E-state index contributed by atoms with van der Waals surface area (Å²) in [5.74, 6) is 0.636. The van der Waals surface area contributed by atoms with Crippen LogP contribution >= 0.6 is 0 Å². The summed E-state index contributed by atoms with van der Waals surface area (Å²) in [7, 11) is 0. The molecule has 2 saturated heterocycles. The fraction of sp³-hybridized carbons (Fsp3) is 0.611. The van der Waals surface area contributed by atoms with E-state index in [1.165, 1.54) is 11.3 Å². The number of phenolic OH excluding ortho intramolecular Hbond substituents is 1. The van der Waals surface area contributed by atoms with Crippen molar-refractivity contribution in [3.8, 4) is 5.75 Å². The van der Waals surface area contributed by atoms with Gasteiger partial charge in [-0.15, -0.1) is 0 Å². The number of amides is 1. The summed E-state index contributed by atoms with van der Waals surface area (Å²) in [6, 6.07) is 7.45. The van der Waals surface area contributed by atoms with Gasteiger partial charge < -0.3 is 19.8 Å². The number of nitrogens with zero attached hydrogens (tertiary/aromatic N) is 2. The van der Waals surface area contributed by atoms with Crippen molar-refractivity contribution in [2.75, 3.05) is 44.2 Å². The average molecular weight is 318 g/mol. The van der Waals surface area contributed by atoms with E-state index in [1.807, 2.05) is 12.1 Å². The van der Waals surface area contributed by atoms with Crippen LogP contribution in [0.3, 0.4) is 0 Å². The molecule has 2 N–H and O–H groups in total. The molecule has 0 bridgehead atoms. The molecule has 5 nitrogen and oxygen atoms in total. The van der Waals surface area contributed by atoms with E-state index in [-0.39, 0.29) is 6.04 Å². The van der Waals surface area contributed by atoms with E-state index in [2.05, 4.69) is 16.7 Å². The summed E-state index contributed by atoms with van der Waals surface area (Å²) in [5, 5.41) is 9.39. The van der Waals surface area contributed by atoms with Crippen molar-refractivity contribution >= 4 is 11.6 Å². The van der Waals surface area contributed by atoms with Crippen LogP contribution in [0.2, 0.25) is 0 Å². The third-order valence-corrected chi connectivity index (χ3v) is 5.27. The third-order valence-electron chi connectivity index (χ3n) is 5.27. The van der Waals surface area contributed by atoms with Crippen molar-refractivity contribution in [1.29, 1.82) is 0 Å². The van der Waals surface area contributed by atoms with Gasteiger partial charge in [0.05, 0.1) is 26.2 Å². The van der Waals surface area contributed by atoms with E-state index in [4.69, 9.17) is 0 Å². The number of hydrogen-bond acceptors (Lipinski definition) is 3. The van der Waals surface area contributed by atoms with Gasteiger partial charge in [0.2, 0.25) is 0 Å². The highest BCUT2D eigenvalue weighted by Crippen LogP contribution is 2.18. The zero-order valence-electron chi connectivity index (χ0n) is 14.0. The molecule has 5 heteroatoms. The van der Waals surface area contributed by atoms with Gasteiger partial charge in [-0.25, -0.2) is 0 Å². The molecule has 0 aromatic heterocycles. The van der Waals surface area contributed by atoms with Gasteiger partial charge in [0.25, 0.3) is 5.91 Å². The Kier molecular flexibility index (Phi) is 5.06. The Morgan fingerprint density at radius 1 is 1.04 bits per heavy atom. The van der Waals surface area contributed by atoms with Crippen LogP contribution in [-0.4, -0.2) is 61.2 Å². The quantitative estimate of drug-likeness (QED) is 0.853. The van der Waals surface area contributed by atoms with Crippen LogP contribution in [-0.2, 0) is 4.79 Å². The fourth-order valence-electron chi connectivity index (χ4n) is 3.71. The Balaban J connectivity index is 1.53. The molecule has 0 aliphatic carbocycles. The predicted octanol–water partition coefficient (Wildman–Crippen LogP) is 0.498. The molecule has 1 aromatic rings. The molecule has 23 heavy (non-hydrogen) atoms. The van der Waals surface area contributed by atoms with Crippen LogP contribution < -0.4 is 9.80 Å². The molecule has 2 aliphatic heterocycles. The molecular weight excluding hydrogens is 290 g/mol. The average Bonchev–Trinajstić information content (AvgIpc) is 2.62. The highest BCUT2D eigenvalue weighted by molar-refractivity contribution is 5.80. The number of quaternary nitrogens is 1. The highest BCUT2D eigenvalue weighted by atomic mass is 16.3. The molecule has 126 valence electrons. The molecule has 0 radical (unpaired) electrons. The molecule has 2 heterocycles. The lowest BCUT2D eigenvalue weighted by molar-refractivity contribution is -0.915. The number of hydrogen-bond donors (Lipinski definition) is 2. The molecule has 1 aromatic carbocycles. The summed E-state index contributed by atoms with van der Waals surface area (Å²) in [5.41, 5.74) is 1.15. The lowest BCUT2D eigenvalue weighted by atomic mass is 10.1. The topological polar surface area (TPSA) is 48.2 Å². The Morgan fingerprint density at radius 2 is 1.65 bits per heavy atom. The first-order chi connectivity index (χ1) is 11.1. The smallest absolute Gasteiger partial charge is 0.280 e. The monoisotopic (exact) mass is 318 g/mol. The summed E-state index contributed by atoms with van der Waals surface area (Å²) in [6.07, 6.45) is 3.57. The number of carbonyl (C=O) groups excluding carboxylic acids is 1. The van der Waals surface area contributed by atoms with E-state index in [9.17, 15) is 9.90 Å². The zero-order valence-corrected chi connectivity index (χ0v) is 14.0. The van der Waals surface area contributed by atoms with E-state index < -0.39 is 0 Å². The second kappa shape index (κ2) is 7.21. The maximum absolute atomic E-state index is 12.7. The van der Waals surface area contributed by atoms with Gasteiger partial charge in [-0.2, -0.15) is 0 Å². The number of piperazine rings is 1. The first kappa shape index (κ1) is 16.1. The minimum absolute atomic E-state index is 0.0649. The Hall–Kier alpha value is -1.75. The van der Waals surface area contributed by atoms with E-state index in [0.717, 1.165) is 57.8 Å². The van der Waals surface area contributed by atoms with Gasteiger partial charge in [0.15, 0.2) is 6.04 Å². The van der Waals surface area contributed by atoms with Crippen molar-refractivity contribution in [3.05, 3.63) is 24.3 Å². The number of anilines is 1. The van der Waals surface area contributed by atoms with E-state index >= 15 is 0 Å². The van der Waals surface area contributed by atoms with E-state index in [0.29, 0.717) is 11.7 Å². The number of carbonyl (C=O) groups is 1. The lowest BCUT2D eigenvalue weighted by Crippen LogP contribution is -3.19. The van der Waals surface area contributed by atoms with Gasteiger partial charge in [0.1, 0.15) is 5.75 Å². The van der Waals surface area contributed by atoms with Crippen molar-refractivity contribution in [2.24, 2.45) is 0 Å². The fourth-order valence-corrected chi connectivity index (χ4v) is 3.71. The summed E-state index contributed by atoms with van der Waals surface area (Å²) in [4.78, 5) is 18.4. The van der Waals surface area contributed by atoms with Crippen LogP contribution in [0, 0.1) is 0 Å². The third kappa shape index (κ3) is 3.78. The molecule has 0 saturated carbocycles. The summed E-state index contributed by atoms with van der Waals surface area (Å²) in [6.45, 7) is 7.85. The molecule has 2 fully saturated rings. The van der Waals surface area contributed by atoms with Crippen LogP contribution in [0.1, 0.15) is 26.2 Å². The van der Waals surface area contributed by atoms with Gasteiger partial charge >= 0.3 is 0 Å². The van der Waals surface area contributed by atoms with Crippen LogP contribution in [0.4, 0.5) is 5.69 Å². The second-order valence-electron chi connectivity index (χ2n) is 6.77. The molecule has 3 rings (SSSR count). The van der Waals surface area contributed by atoms with Crippen molar-refractivity contribution < 1.29 is 14.8 Å². The SMILES string of the molecule is C[C@@H](C(=O)N1CCCCC1)[NH+]1CCN(c2ccc(O)cc2)CC1. The lowest BCUT2D eigenvalue weighted by Gasteiger charge is -2.38. The molecule has 2 aliphatic rings. The molecule has 1 atom stereocenters. The standard InChI is InChI=1S/C18H27N3O2/c1-15(18(23)21-9-3-2-4-10-21)19-11-13-20(14-12-19)16-5-7-17(22)8-6-16/h5-8,15,22H,2-4,9-14H2,1H3/p+1/t15-/m0/s1. The van der Waals surface area contributed by atoms with Crippen LogP contribution in [0.5, 0.6) is 5.75 Å². The van der Waals surface area contributed by atoms with Crippen molar-refractivity contribution in [3.63, 3.8) is 0 Å². The Bertz CT molecular complexity index is 518. The number of nitrogens with one attached hydrogen (secondary N) is 1. The minimum atomic E-state index is 0.0649. The first-order valence-electron chi connectivity index (χ1n) is 8.82. The number of aromatic hydroxyl groups is 1. The normalized spacial score (nSPS) is 21.3. The van der Waals surface area contributed by atoms with Crippen LogP contribution in [0.25, 0.3) is 0 Å². The second-order valence-corrected chi connectivity index (χ2v) is 6.77. The predicted molar refractivity (Wildman–Crippen MR) is 90.9 cm³/mol. The number of phenols is 1. The number of benzene rings is 1. The van der Waals surface area contributed by atoms with Gasteiger partial charge in [-0.1, -0.05) is 0 Å². The summed E-state index contributed by atoms with van der Waals surface area (Å²) >= 11 is 0. The maximum atomic E-state index is 12.7. The van der Waals surface area contributed by atoms with Gasteiger partial charge in [-0.05, 0) is 50.5 Å². The number of piperidine rings is 1. The molecule has 0 unspecified atom stereocenters. The van der Waals surface area contributed by atoms with Crippen LogP contribution in [0.15, 0.2) is 24.3 Å². The Morgan fingerprint density at radius 3 is 2.26 bits per heavy atom. The van der Waals surface area contributed by atoms with Gasteiger partial charge in [0, 0.05) is 18.8 Å².